The van der Waals surface area contributed by atoms with Crippen LogP contribution in [0.4, 0.5) is 0 Å². The molecular formula is C11H17N2O6P. The van der Waals surface area contributed by atoms with Gasteiger partial charge in [-0.2, -0.15) is 0 Å². The zero-order chi connectivity index (χ0) is 14.9. The number of nitrogens with zero attached hydrogens (tertiary/aromatic N) is 1. The molecule has 0 radical (unpaired) electrons. The maximum atomic E-state index is 11.8. The fraction of sp³-hybridized carbons (Fsp3) is 0.636. The number of hydrogen-bond acceptors (Lipinski definition) is 4. The van der Waals surface area contributed by atoms with Crippen molar-refractivity contribution in [2.75, 3.05) is 6.35 Å². The van der Waals surface area contributed by atoms with Crippen molar-refractivity contribution in [3.8, 4) is 0 Å². The van der Waals surface area contributed by atoms with Crippen LogP contribution in [0.5, 0.6) is 0 Å². The average Bonchev–Trinajstić information content (AvgIpc) is 2.78. The van der Waals surface area contributed by atoms with Crippen LogP contribution in [0.15, 0.2) is 15.8 Å². The summed E-state index contributed by atoms with van der Waals surface area (Å²) >= 11 is 0. The van der Waals surface area contributed by atoms with E-state index in [1.165, 1.54) is 10.8 Å². The van der Waals surface area contributed by atoms with E-state index in [0.717, 1.165) is 6.42 Å². The lowest BCUT2D eigenvalue weighted by Gasteiger charge is -2.22. The fourth-order valence-corrected chi connectivity index (χ4v) is 2.83. The van der Waals surface area contributed by atoms with Gasteiger partial charge in [-0.1, -0.05) is 0 Å². The molecule has 1 heterocycles. The summed E-state index contributed by atoms with van der Waals surface area (Å²) in [5.74, 6) is 0. The fourth-order valence-electron chi connectivity index (χ4n) is 2.44. The molecule has 0 bridgehead atoms. The third-order valence-electron chi connectivity index (χ3n) is 3.38. The summed E-state index contributed by atoms with van der Waals surface area (Å²) in [5.41, 5.74) is -0.556. The first-order valence-corrected chi connectivity index (χ1v) is 8.06. The first-order chi connectivity index (χ1) is 9.28. The summed E-state index contributed by atoms with van der Waals surface area (Å²) in [5, 5.41) is 0. The third-order valence-corrected chi connectivity index (χ3v) is 3.86. The van der Waals surface area contributed by atoms with Crippen LogP contribution in [0, 0.1) is 6.92 Å². The lowest BCUT2D eigenvalue weighted by molar-refractivity contribution is 0.0499. The predicted molar refractivity (Wildman–Crippen MR) is 70.7 cm³/mol. The molecule has 1 aromatic heterocycles. The summed E-state index contributed by atoms with van der Waals surface area (Å²) in [7, 11) is -4.23. The maximum absolute atomic E-state index is 11.8. The second-order valence-corrected chi connectivity index (χ2v) is 6.56. The first kappa shape index (κ1) is 15.2. The van der Waals surface area contributed by atoms with Gasteiger partial charge in [0, 0.05) is 11.8 Å². The van der Waals surface area contributed by atoms with E-state index in [0.29, 0.717) is 18.4 Å². The molecule has 2 rings (SSSR count). The van der Waals surface area contributed by atoms with Crippen LogP contribution in [0.2, 0.25) is 0 Å². The van der Waals surface area contributed by atoms with Gasteiger partial charge in [0.1, 0.15) is 6.35 Å². The minimum absolute atomic E-state index is 0.315. The molecular weight excluding hydrogens is 287 g/mol. The van der Waals surface area contributed by atoms with Crippen molar-refractivity contribution >= 4 is 7.60 Å². The molecule has 112 valence electrons. The zero-order valence-corrected chi connectivity index (χ0v) is 11.9. The van der Waals surface area contributed by atoms with Gasteiger partial charge in [0.2, 0.25) is 0 Å². The molecule has 8 nitrogen and oxygen atoms in total. The monoisotopic (exact) mass is 304 g/mol. The van der Waals surface area contributed by atoms with Crippen LogP contribution >= 0.6 is 7.60 Å². The highest BCUT2D eigenvalue weighted by Gasteiger charge is 2.32. The van der Waals surface area contributed by atoms with E-state index in [1.54, 1.807) is 6.92 Å². The van der Waals surface area contributed by atoms with Gasteiger partial charge in [-0.05, 0) is 26.2 Å². The highest BCUT2D eigenvalue weighted by atomic mass is 31.2. The molecule has 0 aromatic carbocycles. The summed E-state index contributed by atoms with van der Waals surface area (Å²) in [6, 6.07) is -0.315. The average molecular weight is 304 g/mol. The number of rotatable bonds is 4. The number of ether oxygens (including phenoxy) is 1. The van der Waals surface area contributed by atoms with Gasteiger partial charge in [-0.3, -0.25) is 18.9 Å². The highest BCUT2D eigenvalue weighted by Crippen LogP contribution is 2.38. The molecule has 0 spiro atoms. The maximum Gasteiger partial charge on any atom is 0.350 e. The van der Waals surface area contributed by atoms with Crippen molar-refractivity contribution in [3.05, 3.63) is 32.6 Å². The molecule has 20 heavy (non-hydrogen) atoms. The molecule has 1 aliphatic rings. The standard InChI is InChI=1S/C11H17N2O6P/c1-7-5-13(11(15)12-10(7)14)8-3-2-4-9(8)19-6-20(16,17)18/h5,8-9H,2-4,6H2,1H3,(H,12,14,15)(H2,16,17,18)/t8-,9-/m1/s1. The summed E-state index contributed by atoms with van der Waals surface area (Å²) in [4.78, 5) is 43.1. The Hall–Kier alpha value is -1.21. The largest absolute Gasteiger partial charge is 0.363 e. The molecule has 1 aliphatic carbocycles. The lowest BCUT2D eigenvalue weighted by atomic mass is 10.2. The van der Waals surface area contributed by atoms with Gasteiger partial charge < -0.3 is 14.5 Å². The number of H-pyrrole nitrogens is 1. The normalized spacial score (nSPS) is 23.1. The van der Waals surface area contributed by atoms with Gasteiger partial charge in [0.15, 0.2) is 0 Å². The molecule has 9 heteroatoms. The van der Waals surface area contributed by atoms with Crippen LogP contribution in [-0.2, 0) is 9.30 Å². The molecule has 3 N–H and O–H groups in total. The van der Waals surface area contributed by atoms with Crippen molar-refractivity contribution < 1.29 is 19.1 Å². The second-order valence-electron chi connectivity index (χ2n) is 4.98. The number of hydrogen-bond donors (Lipinski definition) is 3. The van der Waals surface area contributed by atoms with E-state index in [2.05, 4.69) is 4.98 Å². The van der Waals surface area contributed by atoms with Crippen molar-refractivity contribution in [2.45, 2.75) is 38.3 Å². The Balaban J connectivity index is 2.23. The van der Waals surface area contributed by atoms with E-state index < -0.39 is 31.3 Å². The molecule has 1 fully saturated rings. The van der Waals surface area contributed by atoms with Gasteiger partial charge in [-0.15, -0.1) is 0 Å². The molecule has 1 saturated carbocycles. The SMILES string of the molecule is Cc1cn([C@@H]2CCC[C@H]2OCP(=O)(O)O)c(=O)[nH]c1=O. The number of nitrogens with one attached hydrogen (secondary N) is 1. The van der Waals surface area contributed by atoms with Crippen molar-refractivity contribution in [1.82, 2.24) is 9.55 Å². The predicted octanol–water partition coefficient (Wildman–Crippen LogP) is 0.0904. The molecule has 0 aliphatic heterocycles. The van der Waals surface area contributed by atoms with E-state index >= 15 is 0 Å². The van der Waals surface area contributed by atoms with E-state index in [-0.39, 0.29) is 6.04 Å². The quantitative estimate of drug-likeness (QED) is 0.678. The summed E-state index contributed by atoms with van der Waals surface area (Å²) in [6.07, 6.45) is 2.44. The molecule has 0 saturated heterocycles. The Labute approximate surface area is 114 Å². The van der Waals surface area contributed by atoms with E-state index in [4.69, 9.17) is 14.5 Å². The number of aromatic nitrogens is 2. The van der Waals surface area contributed by atoms with Crippen LogP contribution in [0.25, 0.3) is 0 Å². The van der Waals surface area contributed by atoms with Crippen LogP contribution in [0.3, 0.4) is 0 Å². The van der Waals surface area contributed by atoms with Crippen molar-refractivity contribution in [1.29, 1.82) is 0 Å². The van der Waals surface area contributed by atoms with Gasteiger partial charge in [-0.25, -0.2) is 4.79 Å². The zero-order valence-electron chi connectivity index (χ0n) is 11.0. The van der Waals surface area contributed by atoms with E-state index in [1.807, 2.05) is 0 Å². The number of aromatic amines is 1. The van der Waals surface area contributed by atoms with Crippen LogP contribution < -0.4 is 11.2 Å². The van der Waals surface area contributed by atoms with Crippen LogP contribution in [-0.4, -0.2) is 31.8 Å². The summed E-state index contributed by atoms with van der Waals surface area (Å²) in [6.45, 7) is 1.59. The smallest absolute Gasteiger partial charge is 0.350 e. The lowest BCUT2D eigenvalue weighted by Crippen LogP contribution is -2.36. The van der Waals surface area contributed by atoms with Crippen LogP contribution in [0.1, 0.15) is 30.9 Å². The minimum atomic E-state index is -4.23. The first-order valence-electron chi connectivity index (χ1n) is 6.26. The van der Waals surface area contributed by atoms with Gasteiger partial charge in [0.25, 0.3) is 5.56 Å². The third kappa shape index (κ3) is 3.46. The van der Waals surface area contributed by atoms with Gasteiger partial charge in [0.05, 0.1) is 12.1 Å². The molecule has 2 atom stereocenters. The Kier molecular flexibility index (Phi) is 4.29. The highest BCUT2D eigenvalue weighted by molar-refractivity contribution is 7.51. The second kappa shape index (κ2) is 5.65. The molecule has 1 aromatic rings. The Morgan fingerprint density at radius 3 is 2.80 bits per heavy atom. The summed E-state index contributed by atoms with van der Waals surface area (Å²) < 4.78 is 17.5. The topological polar surface area (TPSA) is 122 Å². The van der Waals surface area contributed by atoms with Gasteiger partial charge >= 0.3 is 13.3 Å². The number of aryl methyl sites for hydroxylation is 1. The van der Waals surface area contributed by atoms with Crippen molar-refractivity contribution in [2.24, 2.45) is 0 Å². The molecule has 0 amide bonds. The Morgan fingerprint density at radius 1 is 1.45 bits per heavy atom. The molecule has 0 unspecified atom stereocenters. The van der Waals surface area contributed by atoms with E-state index in [9.17, 15) is 14.2 Å². The Morgan fingerprint density at radius 2 is 2.15 bits per heavy atom. The minimum Gasteiger partial charge on any atom is -0.363 e. The van der Waals surface area contributed by atoms with Crippen molar-refractivity contribution in [3.63, 3.8) is 0 Å². The Bertz CT molecular complexity index is 645.